The van der Waals surface area contributed by atoms with Crippen LogP contribution in [0.3, 0.4) is 0 Å². The van der Waals surface area contributed by atoms with Gasteiger partial charge in [0.05, 0.1) is 0 Å². The standard InChI is InChI=1S/C14H24N4O2/c15-12(17-20)14(6-1-2-7-14)13(19)16-10-5-8-18(9-10)11-3-4-11/h10-11,20H,1-9H2,(H2,15,17)(H,16,19). The fraction of sp³-hybridized carbons (Fsp3) is 0.857. The van der Waals surface area contributed by atoms with Gasteiger partial charge in [0, 0.05) is 25.2 Å². The summed E-state index contributed by atoms with van der Waals surface area (Å²) in [7, 11) is 0. The Morgan fingerprint density at radius 1 is 1.30 bits per heavy atom. The Bertz CT molecular complexity index is 413. The molecule has 3 rings (SSSR count). The molecular weight excluding hydrogens is 256 g/mol. The highest BCUT2D eigenvalue weighted by Crippen LogP contribution is 2.39. The van der Waals surface area contributed by atoms with Gasteiger partial charge in [-0.05, 0) is 32.1 Å². The molecule has 2 aliphatic carbocycles. The van der Waals surface area contributed by atoms with Gasteiger partial charge in [-0.2, -0.15) is 0 Å². The van der Waals surface area contributed by atoms with E-state index in [1.165, 1.54) is 12.8 Å². The molecule has 0 aromatic rings. The number of nitrogens with two attached hydrogens (primary N) is 1. The van der Waals surface area contributed by atoms with E-state index in [2.05, 4.69) is 15.4 Å². The first-order chi connectivity index (χ1) is 9.65. The number of likely N-dealkylation sites (tertiary alicyclic amines) is 1. The minimum absolute atomic E-state index is 0.0482. The number of hydrogen-bond acceptors (Lipinski definition) is 4. The van der Waals surface area contributed by atoms with Gasteiger partial charge in [-0.15, -0.1) is 0 Å². The van der Waals surface area contributed by atoms with Crippen molar-refractivity contribution >= 4 is 11.7 Å². The summed E-state index contributed by atoms with van der Waals surface area (Å²) in [4.78, 5) is 15.1. The van der Waals surface area contributed by atoms with E-state index in [4.69, 9.17) is 10.9 Å². The fourth-order valence-corrected chi connectivity index (χ4v) is 3.67. The third-order valence-corrected chi connectivity index (χ3v) is 5.11. The van der Waals surface area contributed by atoms with Gasteiger partial charge >= 0.3 is 0 Å². The zero-order valence-electron chi connectivity index (χ0n) is 11.8. The van der Waals surface area contributed by atoms with E-state index in [1.807, 2.05) is 0 Å². The lowest BCUT2D eigenvalue weighted by molar-refractivity contribution is -0.128. The van der Waals surface area contributed by atoms with Crippen LogP contribution in [-0.2, 0) is 4.79 Å². The third-order valence-electron chi connectivity index (χ3n) is 5.11. The molecule has 6 heteroatoms. The second-order valence-corrected chi connectivity index (χ2v) is 6.46. The maximum Gasteiger partial charge on any atom is 0.234 e. The van der Waals surface area contributed by atoms with Crippen molar-refractivity contribution in [2.45, 2.75) is 57.0 Å². The maximum absolute atomic E-state index is 12.6. The first-order valence-electron chi connectivity index (χ1n) is 7.69. The van der Waals surface area contributed by atoms with Gasteiger partial charge in [-0.1, -0.05) is 18.0 Å². The molecule has 1 aliphatic heterocycles. The van der Waals surface area contributed by atoms with E-state index in [1.54, 1.807) is 0 Å². The number of carbonyl (C=O) groups is 1. The SMILES string of the molecule is NC(=NO)C1(C(=O)NC2CCN(C3CC3)C2)CCCC1. The average molecular weight is 280 g/mol. The van der Waals surface area contributed by atoms with Crippen LogP contribution in [0, 0.1) is 5.41 Å². The van der Waals surface area contributed by atoms with Crippen LogP contribution in [0.4, 0.5) is 0 Å². The van der Waals surface area contributed by atoms with Crippen LogP contribution in [-0.4, -0.2) is 47.0 Å². The van der Waals surface area contributed by atoms with Crippen molar-refractivity contribution in [2.75, 3.05) is 13.1 Å². The second kappa shape index (κ2) is 5.24. The van der Waals surface area contributed by atoms with Gasteiger partial charge in [0.25, 0.3) is 0 Å². The lowest BCUT2D eigenvalue weighted by atomic mass is 9.83. The lowest BCUT2D eigenvalue weighted by Gasteiger charge is -2.28. The first kappa shape index (κ1) is 13.7. The summed E-state index contributed by atoms with van der Waals surface area (Å²) in [6.45, 7) is 2.02. The smallest absolute Gasteiger partial charge is 0.234 e. The molecule has 1 saturated heterocycles. The Morgan fingerprint density at radius 2 is 2.00 bits per heavy atom. The summed E-state index contributed by atoms with van der Waals surface area (Å²) < 4.78 is 0. The number of hydrogen-bond donors (Lipinski definition) is 3. The van der Waals surface area contributed by atoms with Crippen molar-refractivity contribution in [3.63, 3.8) is 0 Å². The highest BCUT2D eigenvalue weighted by atomic mass is 16.4. The summed E-state index contributed by atoms with van der Waals surface area (Å²) in [5.74, 6) is 0.0255. The molecule has 1 unspecified atom stereocenters. The molecule has 0 radical (unpaired) electrons. The van der Waals surface area contributed by atoms with Gasteiger partial charge in [0.2, 0.25) is 5.91 Å². The van der Waals surface area contributed by atoms with Crippen LogP contribution < -0.4 is 11.1 Å². The van der Waals surface area contributed by atoms with Crippen molar-refractivity contribution < 1.29 is 10.0 Å². The topological polar surface area (TPSA) is 91.0 Å². The number of amidine groups is 1. The van der Waals surface area contributed by atoms with E-state index in [0.717, 1.165) is 38.4 Å². The van der Waals surface area contributed by atoms with Gasteiger partial charge in [0.1, 0.15) is 5.41 Å². The minimum Gasteiger partial charge on any atom is -0.409 e. The van der Waals surface area contributed by atoms with E-state index in [9.17, 15) is 4.79 Å². The van der Waals surface area contributed by atoms with Crippen molar-refractivity contribution in [1.82, 2.24) is 10.2 Å². The maximum atomic E-state index is 12.6. The Morgan fingerprint density at radius 3 is 2.60 bits per heavy atom. The Labute approximate surface area is 119 Å². The molecule has 1 heterocycles. The monoisotopic (exact) mass is 280 g/mol. The minimum atomic E-state index is -0.776. The zero-order chi connectivity index (χ0) is 14.2. The fourth-order valence-electron chi connectivity index (χ4n) is 3.67. The largest absolute Gasteiger partial charge is 0.409 e. The van der Waals surface area contributed by atoms with E-state index in [0.29, 0.717) is 12.8 Å². The summed E-state index contributed by atoms with van der Waals surface area (Å²) in [6.07, 6.45) is 6.91. The number of amides is 1. The number of rotatable bonds is 4. The van der Waals surface area contributed by atoms with E-state index >= 15 is 0 Å². The van der Waals surface area contributed by atoms with Crippen LogP contribution in [0.5, 0.6) is 0 Å². The molecule has 1 amide bonds. The van der Waals surface area contributed by atoms with Crippen LogP contribution >= 0.6 is 0 Å². The van der Waals surface area contributed by atoms with Gasteiger partial charge in [0.15, 0.2) is 5.84 Å². The molecule has 1 atom stereocenters. The summed E-state index contributed by atoms with van der Waals surface area (Å²) in [5, 5.41) is 15.2. The number of nitrogens with zero attached hydrogens (tertiary/aromatic N) is 2. The molecule has 2 saturated carbocycles. The Kier molecular flexibility index (Phi) is 3.58. The molecule has 112 valence electrons. The molecule has 0 spiro atoms. The summed E-state index contributed by atoms with van der Waals surface area (Å²) >= 11 is 0. The molecule has 3 aliphatic rings. The zero-order valence-corrected chi connectivity index (χ0v) is 11.8. The molecule has 0 bridgehead atoms. The van der Waals surface area contributed by atoms with Crippen molar-refractivity contribution in [1.29, 1.82) is 0 Å². The second-order valence-electron chi connectivity index (χ2n) is 6.46. The summed E-state index contributed by atoms with van der Waals surface area (Å²) in [5.41, 5.74) is 5.03. The third kappa shape index (κ3) is 2.37. The molecule has 6 nitrogen and oxygen atoms in total. The first-order valence-corrected chi connectivity index (χ1v) is 7.69. The average Bonchev–Trinajstić information content (AvgIpc) is 3.00. The molecular formula is C14H24N4O2. The van der Waals surface area contributed by atoms with Gasteiger partial charge in [-0.3, -0.25) is 9.69 Å². The summed E-state index contributed by atoms with van der Waals surface area (Å²) in [6, 6.07) is 0.966. The van der Waals surface area contributed by atoms with E-state index in [-0.39, 0.29) is 17.8 Å². The van der Waals surface area contributed by atoms with Gasteiger partial charge < -0.3 is 16.3 Å². The van der Waals surface area contributed by atoms with Crippen LogP contribution in [0.2, 0.25) is 0 Å². The highest BCUT2D eigenvalue weighted by molar-refractivity contribution is 6.07. The predicted molar refractivity (Wildman–Crippen MR) is 75.5 cm³/mol. The van der Waals surface area contributed by atoms with Crippen LogP contribution in [0.25, 0.3) is 0 Å². The van der Waals surface area contributed by atoms with E-state index < -0.39 is 5.41 Å². The Hall–Kier alpha value is -1.30. The molecule has 4 N–H and O–H groups in total. The Balaban J connectivity index is 1.62. The molecule has 0 aromatic heterocycles. The van der Waals surface area contributed by atoms with Crippen LogP contribution in [0.15, 0.2) is 5.16 Å². The molecule has 3 fully saturated rings. The highest BCUT2D eigenvalue weighted by Gasteiger charge is 2.46. The van der Waals surface area contributed by atoms with Crippen LogP contribution in [0.1, 0.15) is 44.9 Å². The normalized spacial score (nSPS) is 30.6. The predicted octanol–water partition coefficient (Wildman–Crippen LogP) is 0.646. The van der Waals surface area contributed by atoms with Gasteiger partial charge in [-0.25, -0.2) is 0 Å². The van der Waals surface area contributed by atoms with Crippen molar-refractivity contribution in [2.24, 2.45) is 16.3 Å². The quantitative estimate of drug-likeness (QED) is 0.305. The molecule has 0 aromatic carbocycles. The number of nitrogens with one attached hydrogen (secondary N) is 1. The number of oxime groups is 1. The lowest BCUT2D eigenvalue weighted by Crippen LogP contribution is -2.51. The molecule has 20 heavy (non-hydrogen) atoms. The number of carbonyl (C=O) groups excluding carboxylic acids is 1. The van der Waals surface area contributed by atoms with Crippen molar-refractivity contribution in [3.05, 3.63) is 0 Å². The van der Waals surface area contributed by atoms with Crippen molar-refractivity contribution in [3.8, 4) is 0 Å².